The standard InChI is InChI=1S/C13H13F3O2S/c1-2-18-12(17)5-3-4-10-6-8-11(9-7-10)19-13(14,15)16/h3-4,6-9H,2,5H2,1H3. The van der Waals surface area contributed by atoms with Crippen LogP contribution < -0.4 is 0 Å². The molecule has 104 valence electrons. The Morgan fingerprint density at radius 2 is 1.95 bits per heavy atom. The van der Waals surface area contributed by atoms with E-state index >= 15 is 0 Å². The number of carbonyl (C=O) groups excluding carboxylic acids is 1. The van der Waals surface area contributed by atoms with E-state index < -0.39 is 5.51 Å². The number of alkyl halides is 3. The number of halogens is 3. The van der Waals surface area contributed by atoms with E-state index in [9.17, 15) is 18.0 Å². The zero-order valence-electron chi connectivity index (χ0n) is 10.2. The van der Waals surface area contributed by atoms with Crippen LogP contribution in [0.5, 0.6) is 0 Å². The molecule has 0 bridgehead atoms. The van der Waals surface area contributed by atoms with Gasteiger partial charge in [-0.25, -0.2) is 0 Å². The molecule has 0 amide bonds. The molecule has 1 aromatic carbocycles. The molecule has 19 heavy (non-hydrogen) atoms. The summed E-state index contributed by atoms with van der Waals surface area (Å²) >= 11 is -0.153. The Morgan fingerprint density at radius 1 is 1.32 bits per heavy atom. The summed E-state index contributed by atoms with van der Waals surface area (Å²) in [5, 5.41) is 0. The van der Waals surface area contributed by atoms with Crippen LogP contribution in [0.3, 0.4) is 0 Å². The van der Waals surface area contributed by atoms with Crippen LogP contribution >= 0.6 is 11.8 Å². The first kappa shape index (κ1) is 15.6. The lowest BCUT2D eigenvalue weighted by atomic mass is 10.2. The summed E-state index contributed by atoms with van der Waals surface area (Å²) in [4.78, 5) is 11.2. The zero-order chi connectivity index (χ0) is 14.3. The SMILES string of the molecule is CCOC(=O)CC=Cc1ccc(SC(F)(F)F)cc1. The summed E-state index contributed by atoms with van der Waals surface area (Å²) in [5.41, 5.74) is -3.54. The van der Waals surface area contributed by atoms with Crippen molar-refractivity contribution in [1.29, 1.82) is 0 Å². The van der Waals surface area contributed by atoms with Crippen molar-refractivity contribution in [1.82, 2.24) is 0 Å². The fraction of sp³-hybridized carbons (Fsp3) is 0.308. The molecule has 0 unspecified atom stereocenters. The average molecular weight is 290 g/mol. The Balaban J connectivity index is 2.52. The molecule has 0 radical (unpaired) electrons. The van der Waals surface area contributed by atoms with Gasteiger partial charge in [0.1, 0.15) is 0 Å². The fourth-order valence-corrected chi connectivity index (χ4v) is 1.83. The number of esters is 1. The van der Waals surface area contributed by atoms with Crippen LogP contribution in [0, 0.1) is 0 Å². The number of hydrogen-bond donors (Lipinski definition) is 0. The van der Waals surface area contributed by atoms with Crippen molar-refractivity contribution in [2.45, 2.75) is 23.7 Å². The molecule has 0 saturated carbocycles. The van der Waals surface area contributed by atoms with Crippen LogP contribution in [0.15, 0.2) is 35.2 Å². The minimum absolute atomic E-state index is 0.134. The van der Waals surface area contributed by atoms with E-state index in [1.165, 1.54) is 12.1 Å². The van der Waals surface area contributed by atoms with E-state index in [-0.39, 0.29) is 29.0 Å². The summed E-state index contributed by atoms with van der Waals surface area (Å²) in [5.74, 6) is -0.331. The van der Waals surface area contributed by atoms with Crippen LogP contribution in [0.1, 0.15) is 18.9 Å². The van der Waals surface area contributed by atoms with E-state index in [4.69, 9.17) is 4.74 Å². The first-order valence-corrected chi connectivity index (χ1v) is 6.40. The van der Waals surface area contributed by atoms with Crippen molar-refractivity contribution in [2.75, 3.05) is 6.61 Å². The smallest absolute Gasteiger partial charge is 0.446 e. The van der Waals surface area contributed by atoms with Crippen molar-refractivity contribution in [3.8, 4) is 0 Å². The van der Waals surface area contributed by atoms with Gasteiger partial charge in [-0.2, -0.15) is 13.2 Å². The van der Waals surface area contributed by atoms with Gasteiger partial charge < -0.3 is 4.74 Å². The van der Waals surface area contributed by atoms with Crippen molar-refractivity contribution in [3.05, 3.63) is 35.9 Å². The maximum Gasteiger partial charge on any atom is 0.446 e. The third-order valence-corrected chi connectivity index (χ3v) is 2.75. The number of ether oxygens (including phenoxy) is 1. The van der Waals surface area contributed by atoms with Gasteiger partial charge >= 0.3 is 11.5 Å². The number of carbonyl (C=O) groups is 1. The Hall–Kier alpha value is -1.43. The van der Waals surface area contributed by atoms with E-state index in [2.05, 4.69) is 0 Å². The quantitative estimate of drug-likeness (QED) is 0.598. The molecule has 0 aliphatic rings. The topological polar surface area (TPSA) is 26.3 Å². The molecule has 0 spiro atoms. The minimum Gasteiger partial charge on any atom is -0.466 e. The summed E-state index contributed by atoms with van der Waals surface area (Å²) in [6.07, 6.45) is 3.43. The second kappa shape index (κ2) is 7.23. The highest BCUT2D eigenvalue weighted by molar-refractivity contribution is 8.00. The average Bonchev–Trinajstić information content (AvgIpc) is 2.30. The highest BCUT2D eigenvalue weighted by Gasteiger charge is 2.28. The normalized spacial score (nSPS) is 11.8. The molecule has 0 aliphatic heterocycles. The molecular weight excluding hydrogens is 277 g/mol. The van der Waals surface area contributed by atoms with Gasteiger partial charge in [0.05, 0.1) is 13.0 Å². The lowest BCUT2D eigenvalue weighted by Crippen LogP contribution is -2.01. The van der Waals surface area contributed by atoms with Gasteiger partial charge in [-0.15, -0.1) is 0 Å². The second-order valence-electron chi connectivity index (χ2n) is 3.53. The summed E-state index contributed by atoms with van der Waals surface area (Å²) < 4.78 is 41.0. The summed E-state index contributed by atoms with van der Waals surface area (Å²) in [6, 6.07) is 5.91. The predicted molar refractivity (Wildman–Crippen MR) is 68.6 cm³/mol. The zero-order valence-corrected chi connectivity index (χ0v) is 11.1. The van der Waals surface area contributed by atoms with Crippen LogP contribution in [-0.2, 0) is 9.53 Å². The Kier molecular flexibility index (Phi) is 5.95. The Labute approximate surface area is 113 Å². The maximum absolute atomic E-state index is 12.1. The van der Waals surface area contributed by atoms with Crippen LogP contribution in [0.25, 0.3) is 6.08 Å². The monoisotopic (exact) mass is 290 g/mol. The fourth-order valence-electron chi connectivity index (χ4n) is 1.29. The van der Waals surface area contributed by atoms with Gasteiger partial charge in [0.25, 0.3) is 0 Å². The van der Waals surface area contributed by atoms with Crippen LogP contribution in [0.4, 0.5) is 13.2 Å². The van der Waals surface area contributed by atoms with Crippen molar-refractivity contribution >= 4 is 23.8 Å². The second-order valence-corrected chi connectivity index (χ2v) is 4.67. The van der Waals surface area contributed by atoms with Gasteiger partial charge in [-0.05, 0) is 36.4 Å². The van der Waals surface area contributed by atoms with Gasteiger partial charge in [-0.3, -0.25) is 4.79 Å². The molecule has 0 N–H and O–H groups in total. The number of hydrogen-bond acceptors (Lipinski definition) is 3. The van der Waals surface area contributed by atoms with E-state index in [0.29, 0.717) is 6.61 Å². The molecule has 0 heterocycles. The van der Waals surface area contributed by atoms with Gasteiger partial charge in [0, 0.05) is 4.90 Å². The number of rotatable bonds is 5. The molecular formula is C13H13F3O2S. The molecule has 0 fully saturated rings. The number of benzene rings is 1. The molecule has 0 saturated heterocycles. The first-order chi connectivity index (χ1) is 8.90. The van der Waals surface area contributed by atoms with Crippen molar-refractivity contribution in [3.63, 3.8) is 0 Å². The van der Waals surface area contributed by atoms with Gasteiger partial charge in [0.2, 0.25) is 0 Å². The van der Waals surface area contributed by atoms with Crippen LogP contribution in [0.2, 0.25) is 0 Å². The highest BCUT2D eigenvalue weighted by Crippen LogP contribution is 2.36. The Morgan fingerprint density at radius 3 is 2.47 bits per heavy atom. The van der Waals surface area contributed by atoms with Crippen LogP contribution in [-0.4, -0.2) is 18.1 Å². The summed E-state index contributed by atoms with van der Waals surface area (Å²) in [6.45, 7) is 2.05. The van der Waals surface area contributed by atoms with E-state index in [1.807, 2.05) is 0 Å². The lowest BCUT2D eigenvalue weighted by Gasteiger charge is -2.05. The molecule has 0 atom stereocenters. The third kappa shape index (κ3) is 6.91. The third-order valence-electron chi connectivity index (χ3n) is 2.01. The Bertz CT molecular complexity index is 438. The molecule has 6 heteroatoms. The maximum atomic E-state index is 12.1. The van der Waals surface area contributed by atoms with Crippen molar-refractivity contribution < 1.29 is 22.7 Å². The highest BCUT2D eigenvalue weighted by atomic mass is 32.2. The minimum atomic E-state index is -4.28. The molecule has 2 nitrogen and oxygen atoms in total. The molecule has 1 aromatic rings. The molecule has 1 rings (SSSR count). The molecule has 0 aliphatic carbocycles. The van der Waals surface area contributed by atoms with Gasteiger partial charge in [0.15, 0.2) is 0 Å². The predicted octanol–water partition coefficient (Wildman–Crippen LogP) is 4.26. The summed E-state index contributed by atoms with van der Waals surface area (Å²) in [7, 11) is 0. The molecule has 0 aromatic heterocycles. The first-order valence-electron chi connectivity index (χ1n) is 5.58. The lowest BCUT2D eigenvalue weighted by molar-refractivity contribution is -0.142. The van der Waals surface area contributed by atoms with E-state index in [1.54, 1.807) is 31.2 Å². The number of thioether (sulfide) groups is 1. The van der Waals surface area contributed by atoms with Gasteiger partial charge in [-0.1, -0.05) is 24.3 Å². The largest absolute Gasteiger partial charge is 0.466 e. The van der Waals surface area contributed by atoms with Crippen molar-refractivity contribution in [2.24, 2.45) is 0 Å². The van der Waals surface area contributed by atoms with E-state index in [0.717, 1.165) is 5.56 Å².